The number of nitrogens with two attached hydrogens (primary N) is 1. The van der Waals surface area contributed by atoms with Gasteiger partial charge in [-0.15, -0.1) is 0 Å². The molecule has 0 saturated heterocycles. The van der Waals surface area contributed by atoms with E-state index in [1.165, 1.54) is 4.90 Å². The number of carbonyl (C=O) groups is 2. The first-order chi connectivity index (χ1) is 8.95. The zero-order valence-corrected chi connectivity index (χ0v) is 11.5. The van der Waals surface area contributed by atoms with Crippen LogP contribution in [0.25, 0.3) is 0 Å². The van der Waals surface area contributed by atoms with E-state index in [1.54, 1.807) is 32.3 Å². The Morgan fingerprint density at radius 1 is 1.32 bits per heavy atom. The van der Waals surface area contributed by atoms with Crippen molar-refractivity contribution in [3.05, 3.63) is 23.8 Å². The second-order valence-corrected chi connectivity index (χ2v) is 4.30. The largest absolute Gasteiger partial charge is 0.397 e. The first kappa shape index (κ1) is 14.8. The molecule has 0 heterocycles. The smallest absolute Gasteiger partial charge is 0.251 e. The molecule has 104 valence electrons. The number of benzene rings is 1. The minimum atomic E-state index is -0.162. The molecule has 2 amide bonds. The molecule has 0 bridgehead atoms. The van der Waals surface area contributed by atoms with Crippen LogP contribution in [0.5, 0.6) is 0 Å². The van der Waals surface area contributed by atoms with Crippen LogP contribution in [0, 0.1) is 0 Å². The van der Waals surface area contributed by atoms with Crippen molar-refractivity contribution < 1.29 is 9.59 Å². The predicted octanol–water partition coefficient (Wildman–Crippen LogP) is 0.519. The number of nitrogens with one attached hydrogen (secondary N) is 2. The van der Waals surface area contributed by atoms with Crippen LogP contribution in [-0.2, 0) is 4.79 Å². The van der Waals surface area contributed by atoms with Gasteiger partial charge in [0.1, 0.15) is 0 Å². The van der Waals surface area contributed by atoms with E-state index >= 15 is 0 Å². The summed E-state index contributed by atoms with van der Waals surface area (Å²) in [4.78, 5) is 24.6. The monoisotopic (exact) mass is 264 g/mol. The Morgan fingerprint density at radius 3 is 2.53 bits per heavy atom. The van der Waals surface area contributed by atoms with E-state index in [9.17, 15) is 9.59 Å². The van der Waals surface area contributed by atoms with Crippen molar-refractivity contribution in [2.75, 3.05) is 38.2 Å². The minimum Gasteiger partial charge on any atom is -0.397 e. The first-order valence-corrected chi connectivity index (χ1v) is 6.07. The SMILES string of the molecule is CCNC(=O)c1ccc(NCC(=O)N(C)C)c(N)c1. The molecule has 1 aromatic carbocycles. The molecule has 0 fully saturated rings. The van der Waals surface area contributed by atoms with Crippen molar-refractivity contribution in [2.45, 2.75) is 6.92 Å². The lowest BCUT2D eigenvalue weighted by Crippen LogP contribution is -2.28. The molecule has 1 rings (SSSR count). The van der Waals surface area contributed by atoms with Crippen molar-refractivity contribution in [3.8, 4) is 0 Å². The van der Waals surface area contributed by atoms with Crippen LogP contribution < -0.4 is 16.4 Å². The Kier molecular flexibility index (Phi) is 5.17. The highest BCUT2D eigenvalue weighted by Gasteiger charge is 2.08. The van der Waals surface area contributed by atoms with Crippen LogP contribution in [-0.4, -0.2) is 43.9 Å². The summed E-state index contributed by atoms with van der Waals surface area (Å²) in [5.74, 6) is -0.211. The molecule has 0 atom stereocenters. The van der Waals surface area contributed by atoms with E-state index in [0.29, 0.717) is 23.5 Å². The summed E-state index contributed by atoms with van der Waals surface area (Å²) in [7, 11) is 3.37. The molecule has 6 nitrogen and oxygen atoms in total. The van der Waals surface area contributed by atoms with Gasteiger partial charge in [0, 0.05) is 26.2 Å². The standard InChI is InChI=1S/C13H20N4O2/c1-4-15-13(19)9-5-6-11(10(14)7-9)16-8-12(18)17(2)3/h5-7,16H,4,8,14H2,1-3H3,(H,15,19). The van der Waals surface area contributed by atoms with Crippen LogP contribution in [0.15, 0.2) is 18.2 Å². The average molecular weight is 264 g/mol. The summed E-state index contributed by atoms with van der Waals surface area (Å²) in [6, 6.07) is 4.96. The summed E-state index contributed by atoms with van der Waals surface area (Å²) in [5.41, 5.74) is 7.44. The summed E-state index contributed by atoms with van der Waals surface area (Å²) in [6.07, 6.45) is 0. The molecule has 1 aromatic rings. The quantitative estimate of drug-likeness (QED) is 0.677. The minimum absolute atomic E-state index is 0.0489. The van der Waals surface area contributed by atoms with Crippen LogP contribution in [0.4, 0.5) is 11.4 Å². The van der Waals surface area contributed by atoms with Crippen molar-refractivity contribution >= 4 is 23.2 Å². The van der Waals surface area contributed by atoms with Crippen molar-refractivity contribution in [1.29, 1.82) is 0 Å². The Labute approximate surface area is 113 Å². The molecule has 0 aliphatic carbocycles. The molecular formula is C13H20N4O2. The van der Waals surface area contributed by atoms with Gasteiger partial charge < -0.3 is 21.3 Å². The van der Waals surface area contributed by atoms with Gasteiger partial charge in [-0.05, 0) is 25.1 Å². The number of anilines is 2. The van der Waals surface area contributed by atoms with E-state index in [1.807, 2.05) is 6.92 Å². The Balaban J connectivity index is 2.72. The normalized spacial score (nSPS) is 9.84. The molecule has 0 spiro atoms. The van der Waals surface area contributed by atoms with Gasteiger partial charge in [-0.25, -0.2) is 0 Å². The fourth-order valence-corrected chi connectivity index (χ4v) is 1.46. The summed E-state index contributed by atoms with van der Waals surface area (Å²) in [6.45, 7) is 2.58. The maximum atomic E-state index is 11.6. The third-order valence-electron chi connectivity index (χ3n) is 2.58. The van der Waals surface area contributed by atoms with E-state index in [0.717, 1.165) is 0 Å². The maximum absolute atomic E-state index is 11.6. The van der Waals surface area contributed by atoms with E-state index in [4.69, 9.17) is 5.73 Å². The van der Waals surface area contributed by atoms with Crippen molar-refractivity contribution in [2.24, 2.45) is 0 Å². The zero-order valence-electron chi connectivity index (χ0n) is 11.5. The number of hydrogen-bond acceptors (Lipinski definition) is 4. The van der Waals surface area contributed by atoms with Gasteiger partial charge in [0.05, 0.1) is 17.9 Å². The molecule has 0 saturated carbocycles. The number of carbonyl (C=O) groups excluding carboxylic acids is 2. The Bertz CT molecular complexity index is 472. The Hall–Kier alpha value is -2.24. The molecular weight excluding hydrogens is 244 g/mol. The lowest BCUT2D eigenvalue weighted by Gasteiger charge is -2.13. The predicted molar refractivity (Wildman–Crippen MR) is 76.0 cm³/mol. The van der Waals surface area contributed by atoms with Gasteiger partial charge in [-0.2, -0.15) is 0 Å². The van der Waals surface area contributed by atoms with Crippen LogP contribution in [0.3, 0.4) is 0 Å². The van der Waals surface area contributed by atoms with Crippen molar-refractivity contribution in [3.63, 3.8) is 0 Å². The van der Waals surface area contributed by atoms with Gasteiger partial charge in [0.2, 0.25) is 5.91 Å². The Morgan fingerprint density at radius 2 is 2.00 bits per heavy atom. The third-order valence-corrected chi connectivity index (χ3v) is 2.58. The first-order valence-electron chi connectivity index (χ1n) is 6.07. The topological polar surface area (TPSA) is 87.5 Å². The van der Waals surface area contributed by atoms with Gasteiger partial charge in [0.15, 0.2) is 0 Å². The van der Waals surface area contributed by atoms with Crippen LogP contribution in [0.2, 0.25) is 0 Å². The highest BCUT2D eigenvalue weighted by Crippen LogP contribution is 2.19. The second-order valence-electron chi connectivity index (χ2n) is 4.30. The van der Waals surface area contributed by atoms with E-state index < -0.39 is 0 Å². The number of nitrogens with zero attached hydrogens (tertiary/aromatic N) is 1. The molecule has 0 aliphatic heterocycles. The number of hydrogen-bond donors (Lipinski definition) is 3. The zero-order chi connectivity index (χ0) is 14.4. The molecule has 0 unspecified atom stereocenters. The molecule has 0 aromatic heterocycles. The lowest BCUT2D eigenvalue weighted by atomic mass is 10.1. The van der Waals surface area contributed by atoms with Gasteiger partial charge in [-0.1, -0.05) is 0 Å². The fraction of sp³-hybridized carbons (Fsp3) is 0.385. The van der Waals surface area contributed by atoms with Crippen molar-refractivity contribution in [1.82, 2.24) is 10.2 Å². The second kappa shape index (κ2) is 6.63. The third kappa shape index (κ3) is 4.17. The van der Waals surface area contributed by atoms with Gasteiger partial charge in [-0.3, -0.25) is 9.59 Å². The summed E-state index contributed by atoms with van der Waals surface area (Å²) in [5, 5.41) is 5.64. The molecule has 0 radical (unpaired) electrons. The number of nitrogen functional groups attached to an aromatic ring is 1. The highest BCUT2D eigenvalue weighted by atomic mass is 16.2. The maximum Gasteiger partial charge on any atom is 0.251 e. The van der Waals surface area contributed by atoms with Crippen LogP contribution in [0.1, 0.15) is 17.3 Å². The summed E-state index contributed by atoms with van der Waals surface area (Å²) >= 11 is 0. The molecule has 0 aliphatic rings. The van der Waals surface area contributed by atoms with Gasteiger partial charge in [0.25, 0.3) is 5.91 Å². The molecule has 19 heavy (non-hydrogen) atoms. The number of rotatable bonds is 5. The van der Waals surface area contributed by atoms with E-state index in [2.05, 4.69) is 10.6 Å². The molecule has 6 heteroatoms. The molecule has 4 N–H and O–H groups in total. The summed E-state index contributed by atoms with van der Waals surface area (Å²) < 4.78 is 0. The van der Waals surface area contributed by atoms with Gasteiger partial charge >= 0.3 is 0 Å². The number of likely N-dealkylation sites (N-methyl/N-ethyl adjacent to an activating group) is 1. The lowest BCUT2D eigenvalue weighted by molar-refractivity contribution is -0.126. The van der Waals surface area contributed by atoms with E-state index in [-0.39, 0.29) is 18.4 Å². The average Bonchev–Trinajstić information content (AvgIpc) is 2.36. The van der Waals surface area contributed by atoms with Crippen LogP contribution >= 0.6 is 0 Å². The number of amides is 2. The highest BCUT2D eigenvalue weighted by molar-refractivity contribution is 5.96. The fourth-order valence-electron chi connectivity index (χ4n) is 1.46.